The SMILES string of the molecule is Cc1cc(NC(=O)C(C)Sc2nnc(C3CC3)n2-c2ccccc2)no1. The molecule has 1 aliphatic carbocycles. The molecule has 2 aromatic heterocycles. The van der Waals surface area contributed by atoms with E-state index in [0.29, 0.717) is 17.5 Å². The van der Waals surface area contributed by atoms with Gasteiger partial charge in [-0.05, 0) is 38.8 Å². The van der Waals surface area contributed by atoms with Gasteiger partial charge in [-0.2, -0.15) is 0 Å². The zero-order valence-electron chi connectivity index (χ0n) is 14.5. The fraction of sp³-hybridized carbons (Fsp3) is 0.333. The van der Waals surface area contributed by atoms with Gasteiger partial charge in [0.15, 0.2) is 11.0 Å². The van der Waals surface area contributed by atoms with E-state index < -0.39 is 0 Å². The van der Waals surface area contributed by atoms with Gasteiger partial charge in [-0.25, -0.2) is 0 Å². The topological polar surface area (TPSA) is 85.8 Å². The predicted octanol–water partition coefficient (Wildman–Crippen LogP) is 3.56. The molecule has 1 unspecified atom stereocenters. The lowest BCUT2D eigenvalue weighted by molar-refractivity contribution is -0.115. The van der Waals surface area contributed by atoms with Crippen molar-refractivity contribution in [1.82, 2.24) is 19.9 Å². The number of aryl methyl sites for hydroxylation is 1. The Kier molecular flexibility index (Phi) is 4.50. The summed E-state index contributed by atoms with van der Waals surface area (Å²) in [5.41, 5.74) is 1.02. The molecule has 3 aromatic rings. The van der Waals surface area contributed by atoms with Crippen LogP contribution in [0.3, 0.4) is 0 Å². The van der Waals surface area contributed by atoms with Gasteiger partial charge < -0.3 is 9.84 Å². The van der Waals surface area contributed by atoms with Gasteiger partial charge in [0.05, 0.1) is 5.25 Å². The second kappa shape index (κ2) is 6.95. The van der Waals surface area contributed by atoms with E-state index in [2.05, 4.69) is 25.2 Å². The maximum absolute atomic E-state index is 12.5. The number of anilines is 1. The maximum Gasteiger partial charge on any atom is 0.238 e. The van der Waals surface area contributed by atoms with Crippen molar-refractivity contribution in [2.24, 2.45) is 0 Å². The molecule has 0 bridgehead atoms. The lowest BCUT2D eigenvalue weighted by Gasteiger charge is -2.13. The summed E-state index contributed by atoms with van der Waals surface area (Å²) in [4.78, 5) is 12.5. The van der Waals surface area contributed by atoms with Gasteiger partial charge in [0.25, 0.3) is 0 Å². The van der Waals surface area contributed by atoms with Crippen LogP contribution in [0.15, 0.2) is 46.1 Å². The minimum Gasteiger partial charge on any atom is -0.360 e. The number of thioether (sulfide) groups is 1. The number of nitrogens with one attached hydrogen (secondary N) is 1. The fourth-order valence-corrected chi connectivity index (χ4v) is 3.52. The highest BCUT2D eigenvalue weighted by atomic mass is 32.2. The number of carbonyl (C=O) groups excluding carboxylic acids is 1. The minimum atomic E-state index is -0.356. The Balaban J connectivity index is 1.55. The standard InChI is InChI=1S/C18H19N5O2S/c1-11-10-15(22-25-11)19-17(24)12(2)26-18-21-20-16(13-8-9-13)23(18)14-6-4-3-5-7-14/h3-7,10,12-13H,8-9H2,1-2H3,(H,19,22,24). The third-order valence-corrected chi connectivity index (χ3v) is 5.19. The summed E-state index contributed by atoms with van der Waals surface area (Å²) >= 11 is 1.38. The average molecular weight is 369 g/mol. The summed E-state index contributed by atoms with van der Waals surface area (Å²) in [6.07, 6.45) is 2.27. The number of amides is 1. The van der Waals surface area contributed by atoms with E-state index in [0.717, 1.165) is 29.5 Å². The molecule has 0 saturated heterocycles. The van der Waals surface area contributed by atoms with Crippen LogP contribution in [-0.2, 0) is 4.79 Å². The van der Waals surface area contributed by atoms with Crippen molar-refractivity contribution in [1.29, 1.82) is 0 Å². The van der Waals surface area contributed by atoms with Crippen LogP contribution in [0.5, 0.6) is 0 Å². The molecule has 0 spiro atoms. The van der Waals surface area contributed by atoms with Gasteiger partial charge in [0.2, 0.25) is 5.91 Å². The Hall–Kier alpha value is -2.61. The molecule has 7 nitrogen and oxygen atoms in total. The molecule has 26 heavy (non-hydrogen) atoms. The van der Waals surface area contributed by atoms with E-state index in [1.165, 1.54) is 11.8 Å². The van der Waals surface area contributed by atoms with Crippen molar-refractivity contribution in [2.75, 3.05) is 5.32 Å². The zero-order chi connectivity index (χ0) is 18.1. The summed E-state index contributed by atoms with van der Waals surface area (Å²) in [7, 11) is 0. The number of carbonyl (C=O) groups is 1. The monoisotopic (exact) mass is 369 g/mol. The van der Waals surface area contributed by atoms with Gasteiger partial charge in [-0.15, -0.1) is 10.2 Å². The molecule has 0 radical (unpaired) electrons. The summed E-state index contributed by atoms with van der Waals surface area (Å²) in [6.45, 7) is 3.62. The van der Waals surface area contributed by atoms with Crippen molar-refractivity contribution in [3.8, 4) is 5.69 Å². The Morgan fingerprint density at radius 3 is 2.73 bits per heavy atom. The van der Waals surface area contributed by atoms with Crippen LogP contribution in [0.25, 0.3) is 5.69 Å². The zero-order valence-corrected chi connectivity index (χ0v) is 15.4. The molecule has 4 rings (SSSR count). The lowest BCUT2D eigenvalue weighted by Crippen LogP contribution is -2.23. The van der Waals surface area contributed by atoms with E-state index in [1.807, 2.05) is 37.3 Å². The summed E-state index contributed by atoms with van der Waals surface area (Å²) in [5.74, 6) is 2.35. The van der Waals surface area contributed by atoms with Crippen LogP contribution < -0.4 is 5.32 Å². The Morgan fingerprint density at radius 1 is 1.31 bits per heavy atom. The van der Waals surface area contributed by atoms with Crippen LogP contribution in [0, 0.1) is 6.92 Å². The molecular formula is C18H19N5O2S. The molecule has 1 amide bonds. The number of benzene rings is 1. The first-order valence-electron chi connectivity index (χ1n) is 8.53. The molecule has 1 aliphatic rings. The van der Waals surface area contributed by atoms with Crippen molar-refractivity contribution in [2.45, 2.75) is 43.0 Å². The molecule has 2 heterocycles. The molecule has 1 N–H and O–H groups in total. The Morgan fingerprint density at radius 2 is 2.08 bits per heavy atom. The first-order chi connectivity index (χ1) is 12.6. The van der Waals surface area contributed by atoms with Crippen LogP contribution in [-0.4, -0.2) is 31.1 Å². The molecule has 1 atom stereocenters. The van der Waals surface area contributed by atoms with Crippen molar-refractivity contribution in [3.05, 3.63) is 48.0 Å². The molecule has 1 saturated carbocycles. The Bertz CT molecular complexity index is 917. The molecule has 1 fully saturated rings. The minimum absolute atomic E-state index is 0.154. The van der Waals surface area contributed by atoms with E-state index in [9.17, 15) is 4.79 Å². The predicted molar refractivity (Wildman–Crippen MR) is 98.5 cm³/mol. The highest BCUT2D eigenvalue weighted by Gasteiger charge is 2.31. The van der Waals surface area contributed by atoms with Crippen LogP contribution in [0.4, 0.5) is 5.82 Å². The molecule has 0 aliphatic heterocycles. The molecule has 8 heteroatoms. The highest BCUT2D eigenvalue weighted by Crippen LogP contribution is 2.41. The van der Waals surface area contributed by atoms with Crippen LogP contribution in [0.2, 0.25) is 0 Å². The number of rotatable bonds is 6. The van der Waals surface area contributed by atoms with E-state index >= 15 is 0 Å². The normalized spacial score (nSPS) is 15.0. The first kappa shape index (κ1) is 16.8. The Labute approximate surface area is 155 Å². The number of aromatic nitrogens is 4. The molecular weight excluding hydrogens is 350 g/mol. The van der Waals surface area contributed by atoms with Crippen molar-refractivity contribution in [3.63, 3.8) is 0 Å². The van der Waals surface area contributed by atoms with E-state index in [4.69, 9.17) is 4.52 Å². The van der Waals surface area contributed by atoms with Crippen molar-refractivity contribution < 1.29 is 9.32 Å². The summed E-state index contributed by atoms with van der Waals surface area (Å²) in [6, 6.07) is 11.7. The van der Waals surface area contributed by atoms with Crippen molar-refractivity contribution >= 4 is 23.5 Å². The number of para-hydroxylation sites is 1. The largest absolute Gasteiger partial charge is 0.360 e. The quantitative estimate of drug-likeness (QED) is 0.669. The second-order valence-corrected chi connectivity index (χ2v) is 7.67. The third kappa shape index (κ3) is 3.50. The number of nitrogens with zero attached hydrogens (tertiary/aromatic N) is 4. The van der Waals surface area contributed by atoms with Crippen LogP contribution in [0.1, 0.15) is 37.3 Å². The van der Waals surface area contributed by atoms with E-state index in [1.54, 1.807) is 13.0 Å². The third-order valence-electron chi connectivity index (χ3n) is 4.15. The number of hydrogen-bond donors (Lipinski definition) is 1. The smallest absolute Gasteiger partial charge is 0.238 e. The second-order valence-electron chi connectivity index (χ2n) is 6.36. The number of hydrogen-bond acceptors (Lipinski definition) is 6. The highest BCUT2D eigenvalue weighted by molar-refractivity contribution is 8.00. The maximum atomic E-state index is 12.5. The van der Waals surface area contributed by atoms with Gasteiger partial charge in [0, 0.05) is 17.7 Å². The van der Waals surface area contributed by atoms with Crippen LogP contribution >= 0.6 is 11.8 Å². The van der Waals surface area contributed by atoms with E-state index in [-0.39, 0.29) is 11.2 Å². The average Bonchev–Trinajstić information content (AvgIpc) is 3.28. The molecule has 134 valence electrons. The van der Waals surface area contributed by atoms with Gasteiger partial charge in [0.1, 0.15) is 11.6 Å². The first-order valence-corrected chi connectivity index (χ1v) is 9.41. The summed E-state index contributed by atoms with van der Waals surface area (Å²) in [5, 5.41) is 15.7. The molecule has 1 aromatic carbocycles. The van der Waals surface area contributed by atoms with Gasteiger partial charge in [-0.1, -0.05) is 35.1 Å². The van der Waals surface area contributed by atoms with Gasteiger partial charge >= 0.3 is 0 Å². The fourth-order valence-electron chi connectivity index (χ4n) is 2.65. The lowest BCUT2D eigenvalue weighted by atomic mass is 10.3. The van der Waals surface area contributed by atoms with Gasteiger partial charge in [-0.3, -0.25) is 9.36 Å². The summed E-state index contributed by atoms with van der Waals surface area (Å²) < 4.78 is 7.04.